The minimum Gasteiger partial charge on any atom is -0.256 e. The van der Waals surface area contributed by atoms with Crippen LogP contribution in [0.15, 0.2) is 164 Å². The van der Waals surface area contributed by atoms with Crippen LogP contribution in [0.3, 0.4) is 0 Å². The number of rotatable bonds is 4. The Morgan fingerprint density at radius 3 is 1.52 bits per heavy atom. The van der Waals surface area contributed by atoms with Crippen LogP contribution in [0, 0.1) is 0 Å². The van der Waals surface area contributed by atoms with E-state index in [0.717, 1.165) is 5.52 Å². The van der Waals surface area contributed by atoms with Gasteiger partial charge in [-0.25, -0.2) is 0 Å². The standard InChI is InChI=1S/C41H27N/c1-3-13-28(14-4-1)29-23-25-30(26-24-29)32-17-7-8-18-33(32)40-35-20-10-9-19-34(35)39(31-15-5-2-6-16-31)41-36-21-11-12-22-38(36)42-27-37(40)41/h1-27H. The lowest BCUT2D eigenvalue weighted by Gasteiger charge is -2.20. The molecule has 8 aromatic rings. The summed E-state index contributed by atoms with van der Waals surface area (Å²) in [5.41, 5.74) is 10.8. The zero-order valence-corrected chi connectivity index (χ0v) is 23.0. The second-order valence-corrected chi connectivity index (χ2v) is 10.7. The van der Waals surface area contributed by atoms with Crippen molar-refractivity contribution in [1.29, 1.82) is 0 Å². The Balaban J connectivity index is 1.45. The maximum Gasteiger partial charge on any atom is 0.0708 e. The van der Waals surface area contributed by atoms with E-state index < -0.39 is 0 Å². The number of pyridine rings is 1. The molecule has 0 aliphatic heterocycles. The number of hydrogen-bond acceptors (Lipinski definition) is 1. The topological polar surface area (TPSA) is 12.9 Å². The van der Waals surface area contributed by atoms with Gasteiger partial charge in [-0.05, 0) is 61.3 Å². The first-order chi connectivity index (χ1) is 20.9. The first-order valence-corrected chi connectivity index (χ1v) is 14.4. The van der Waals surface area contributed by atoms with Gasteiger partial charge < -0.3 is 0 Å². The first-order valence-electron chi connectivity index (χ1n) is 14.4. The molecule has 0 aliphatic rings. The second-order valence-electron chi connectivity index (χ2n) is 10.7. The molecule has 0 amide bonds. The van der Waals surface area contributed by atoms with Gasteiger partial charge in [0.1, 0.15) is 0 Å². The Morgan fingerprint density at radius 2 is 0.810 bits per heavy atom. The fraction of sp³-hybridized carbons (Fsp3) is 0. The second kappa shape index (κ2) is 10.1. The van der Waals surface area contributed by atoms with Crippen molar-refractivity contribution in [2.45, 2.75) is 0 Å². The number of fused-ring (bicyclic) bond motifs is 4. The Hall–Kier alpha value is -5.53. The lowest BCUT2D eigenvalue weighted by atomic mass is 9.83. The zero-order valence-electron chi connectivity index (χ0n) is 23.0. The van der Waals surface area contributed by atoms with Crippen LogP contribution in [-0.4, -0.2) is 4.98 Å². The SMILES string of the molecule is c1ccc(-c2ccc(-c3ccccc3-c3c4ccccc4c(-c4ccccc4)c4c3cnc3ccccc34)cc2)cc1. The average Bonchev–Trinajstić information content (AvgIpc) is 3.08. The molecule has 196 valence electrons. The monoisotopic (exact) mass is 533 g/mol. The summed E-state index contributed by atoms with van der Waals surface area (Å²) >= 11 is 0. The molecule has 0 bridgehead atoms. The van der Waals surface area contributed by atoms with Gasteiger partial charge in [-0.15, -0.1) is 0 Å². The van der Waals surface area contributed by atoms with Gasteiger partial charge in [0.25, 0.3) is 0 Å². The fourth-order valence-electron chi connectivity index (χ4n) is 6.42. The Morgan fingerprint density at radius 1 is 0.310 bits per heavy atom. The number of para-hydroxylation sites is 1. The maximum absolute atomic E-state index is 4.98. The van der Waals surface area contributed by atoms with Gasteiger partial charge in [-0.1, -0.05) is 152 Å². The minimum atomic E-state index is 1.01. The van der Waals surface area contributed by atoms with Crippen molar-refractivity contribution in [2.24, 2.45) is 0 Å². The van der Waals surface area contributed by atoms with E-state index in [-0.39, 0.29) is 0 Å². The van der Waals surface area contributed by atoms with E-state index >= 15 is 0 Å². The fourth-order valence-corrected chi connectivity index (χ4v) is 6.42. The van der Waals surface area contributed by atoms with Crippen LogP contribution >= 0.6 is 0 Å². The number of hydrogen-bond donors (Lipinski definition) is 0. The summed E-state index contributed by atoms with van der Waals surface area (Å²) < 4.78 is 0. The Bertz CT molecular complexity index is 2210. The summed E-state index contributed by atoms with van der Waals surface area (Å²) in [5.74, 6) is 0. The third-order valence-electron chi connectivity index (χ3n) is 8.32. The lowest BCUT2D eigenvalue weighted by molar-refractivity contribution is 1.45. The molecule has 0 spiro atoms. The van der Waals surface area contributed by atoms with Gasteiger partial charge in [0.05, 0.1) is 5.52 Å². The summed E-state index contributed by atoms with van der Waals surface area (Å²) in [4.78, 5) is 4.98. The highest BCUT2D eigenvalue weighted by atomic mass is 14.7. The molecule has 0 saturated heterocycles. The molecule has 0 radical (unpaired) electrons. The third-order valence-corrected chi connectivity index (χ3v) is 8.32. The maximum atomic E-state index is 4.98. The number of nitrogens with zero attached hydrogens (tertiary/aromatic N) is 1. The molecule has 0 fully saturated rings. The smallest absolute Gasteiger partial charge is 0.0708 e. The molecule has 0 unspecified atom stereocenters. The molecule has 0 N–H and O–H groups in total. The molecule has 0 aliphatic carbocycles. The quantitative estimate of drug-likeness (QED) is 0.162. The minimum absolute atomic E-state index is 1.01. The molecule has 1 heterocycles. The molecular weight excluding hydrogens is 506 g/mol. The van der Waals surface area contributed by atoms with E-state index in [4.69, 9.17) is 4.98 Å². The highest BCUT2D eigenvalue weighted by molar-refractivity contribution is 6.27. The number of aromatic nitrogens is 1. The van der Waals surface area contributed by atoms with E-state index in [1.54, 1.807) is 0 Å². The van der Waals surface area contributed by atoms with Gasteiger partial charge >= 0.3 is 0 Å². The van der Waals surface area contributed by atoms with E-state index in [2.05, 4.69) is 164 Å². The van der Waals surface area contributed by atoms with Gasteiger partial charge in [-0.3, -0.25) is 4.98 Å². The largest absolute Gasteiger partial charge is 0.256 e. The molecule has 1 nitrogen and oxygen atoms in total. The summed E-state index contributed by atoms with van der Waals surface area (Å²) in [7, 11) is 0. The van der Waals surface area contributed by atoms with Crippen molar-refractivity contribution in [3.05, 3.63) is 164 Å². The highest BCUT2D eigenvalue weighted by Gasteiger charge is 2.20. The summed E-state index contributed by atoms with van der Waals surface area (Å²) in [6.45, 7) is 0. The summed E-state index contributed by atoms with van der Waals surface area (Å²) in [5, 5.41) is 6.06. The van der Waals surface area contributed by atoms with Gasteiger partial charge in [0, 0.05) is 22.4 Å². The van der Waals surface area contributed by atoms with Crippen molar-refractivity contribution >= 4 is 32.4 Å². The van der Waals surface area contributed by atoms with Crippen LogP contribution in [0.1, 0.15) is 0 Å². The van der Waals surface area contributed by atoms with Gasteiger partial charge in [0.2, 0.25) is 0 Å². The zero-order chi connectivity index (χ0) is 27.9. The molecule has 1 aromatic heterocycles. The molecule has 7 aromatic carbocycles. The summed E-state index contributed by atoms with van der Waals surface area (Å²) in [6, 6.07) is 56.4. The van der Waals surface area contributed by atoms with E-state index in [1.165, 1.54) is 71.4 Å². The predicted octanol–water partition coefficient (Wildman–Crippen LogP) is 11.2. The van der Waals surface area contributed by atoms with Gasteiger partial charge in [-0.2, -0.15) is 0 Å². The number of benzene rings is 7. The molecule has 8 rings (SSSR count). The lowest BCUT2D eigenvalue weighted by Crippen LogP contribution is -1.94. The highest BCUT2D eigenvalue weighted by Crippen LogP contribution is 2.47. The van der Waals surface area contributed by atoms with Crippen LogP contribution in [0.2, 0.25) is 0 Å². The van der Waals surface area contributed by atoms with Crippen LogP contribution < -0.4 is 0 Å². The first kappa shape index (κ1) is 24.3. The van der Waals surface area contributed by atoms with Crippen LogP contribution in [0.5, 0.6) is 0 Å². The van der Waals surface area contributed by atoms with Crippen molar-refractivity contribution in [3.8, 4) is 44.5 Å². The van der Waals surface area contributed by atoms with Crippen LogP contribution in [-0.2, 0) is 0 Å². The Kier molecular flexibility index (Phi) is 5.86. The van der Waals surface area contributed by atoms with Crippen molar-refractivity contribution < 1.29 is 0 Å². The normalized spacial score (nSPS) is 11.3. The van der Waals surface area contributed by atoms with Crippen molar-refractivity contribution in [3.63, 3.8) is 0 Å². The van der Waals surface area contributed by atoms with Gasteiger partial charge in [0.15, 0.2) is 0 Å². The Labute approximate surface area is 245 Å². The molecule has 0 atom stereocenters. The predicted molar refractivity (Wildman–Crippen MR) is 178 cm³/mol. The average molecular weight is 534 g/mol. The van der Waals surface area contributed by atoms with E-state index in [0.29, 0.717) is 0 Å². The molecule has 0 saturated carbocycles. The third kappa shape index (κ3) is 3.98. The van der Waals surface area contributed by atoms with Crippen LogP contribution in [0.25, 0.3) is 77.0 Å². The molecule has 42 heavy (non-hydrogen) atoms. The van der Waals surface area contributed by atoms with Crippen molar-refractivity contribution in [1.82, 2.24) is 4.98 Å². The molecule has 1 heteroatoms. The van der Waals surface area contributed by atoms with E-state index in [1.807, 2.05) is 0 Å². The van der Waals surface area contributed by atoms with Crippen molar-refractivity contribution in [2.75, 3.05) is 0 Å². The van der Waals surface area contributed by atoms with E-state index in [9.17, 15) is 0 Å². The summed E-state index contributed by atoms with van der Waals surface area (Å²) in [6.07, 6.45) is 2.08. The van der Waals surface area contributed by atoms with Crippen LogP contribution in [0.4, 0.5) is 0 Å². The molecular formula is C41H27N.